The lowest BCUT2D eigenvalue weighted by Crippen LogP contribution is -2.23. The zero-order chi connectivity index (χ0) is 14.3. The van der Waals surface area contributed by atoms with Crippen molar-refractivity contribution in [1.29, 1.82) is 0 Å². The van der Waals surface area contributed by atoms with Crippen LogP contribution in [0.2, 0.25) is 0 Å². The van der Waals surface area contributed by atoms with Crippen molar-refractivity contribution in [2.45, 2.75) is 32.5 Å². The normalized spacial score (nSPS) is 21.6. The summed E-state index contributed by atoms with van der Waals surface area (Å²) >= 11 is 0. The van der Waals surface area contributed by atoms with Crippen LogP contribution in [0.25, 0.3) is 10.8 Å². The summed E-state index contributed by atoms with van der Waals surface area (Å²) in [7, 11) is 3.46. The molecule has 3 rings (SSSR count). The summed E-state index contributed by atoms with van der Waals surface area (Å²) in [6.07, 6.45) is 1.06. The second-order valence-corrected chi connectivity index (χ2v) is 5.30. The fourth-order valence-electron chi connectivity index (χ4n) is 3.28. The van der Waals surface area contributed by atoms with Crippen molar-refractivity contribution in [3.8, 4) is 11.5 Å². The van der Waals surface area contributed by atoms with Crippen molar-refractivity contribution in [3.05, 3.63) is 35.4 Å². The average Bonchev–Trinajstić information content (AvgIpc) is 2.44. The first-order valence-electron chi connectivity index (χ1n) is 6.98. The van der Waals surface area contributed by atoms with E-state index < -0.39 is 0 Å². The van der Waals surface area contributed by atoms with Crippen molar-refractivity contribution in [3.63, 3.8) is 0 Å². The van der Waals surface area contributed by atoms with Gasteiger partial charge in [-0.25, -0.2) is 0 Å². The van der Waals surface area contributed by atoms with Gasteiger partial charge in [-0.1, -0.05) is 24.3 Å². The zero-order valence-corrected chi connectivity index (χ0v) is 12.4. The van der Waals surface area contributed by atoms with E-state index >= 15 is 0 Å². The van der Waals surface area contributed by atoms with Crippen LogP contribution >= 0.6 is 0 Å². The molecule has 1 aliphatic heterocycles. The molecular weight excluding hydrogens is 252 g/mol. The summed E-state index contributed by atoms with van der Waals surface area (Å²) in [6, 6.07) is 8.21. The highest BCUT2D eigenvalue weighted by Gasteiger charge is 2.30. The summed E-state index contributed by atoms with van der Waals surface area (Å²) in [5.74, 6) is 1.87. The molecule has 0 saturated carbocycles. The molecule has 0 N–H and O–H groups in total. The zero-order valence-electron chi connectivity index (χ0n) is 12.4. The highest BCUT2D eigenvalue weighted by Crippen LogP contribution is 2.47. The van der Waals surface area contributed by atoms with Gasteiger partial charge in [0, 0.05) is 28.3 Å². The highest BCUT2D eigenvalue weighted by atomic mass is 16.5. The van der Waals surface area contributed by atoms with E-state index in [1.165, 1.54) is 5.56 Å². The Morgan fingerprint density at radius 2 is 1.60 bits per heavy atom. The number of hydrogen-bond donors (Lipinski definition) is 0. The monoisotopic (exact) mass is 272 g/mol. The van der Waals surface area contributed by atoms with Gasteiger partial charge in [0.1, 0.15) is 11.5 Å². The van der Waals surface area contributed by atoms with Crippen LogP contribution in [0.1, 0.15) is 31.1 Å². The molecule has 0 aliphatic carbocycles. The van der Waals surface area contributed by atoms with Gasteiger partial charge in [-0.3, -0.25) is 0 Å². The predicted octanol–water partition coefficient (Wildman–Crippen LogP) is 3.88. The molecule has 1 aliphatic rings. The number of ether oxygens (including phenoxy) is 3. The molecule has 0 spiro atoms. The van der Waals surface area contributed by atoms with E-state index in [0.717, 1.165) is 34.3 Å². The lowest BCUT2D eigenvalue weighted by Gasteiger charge is -2.32. The Balaban J connectivity index is 2.42. The minimum Gasteiger partial charge on any atom is -0.496 e. The van der Waals surface area contributed by atoms with Crippen molar-refractivity contribution in [2.75, 3.05) is 14.2 Å². The third-order valence-electron chi connectivity index (χ3n) is 4.00. The first-order chi connectivity index (χ1) is 9.67. The van der Waals surface area contributed by atoms with E-state index in [9.17, 15) is 0 Å². The molecule has 0 aromatic heterocycles. The molecule has 0 fully saturated rings. The van der Waals surface area contributed by atoms with Gasteiger partial charge in [0.2, 0.25) is 0 Å². The molecule has 2 atom stereocenters. The van der Waals surface area contributed by atoms with Crippen LogP contribution in [0, 0.1) is 0 Å². The van der Waals surface area contributed by atoms with E-state index in [1.807, 2.05) is 12.1 Å². The maximum Gasteiger partial charge on any atom is 0.133 e. The summed E-state index contributed by atoms with van der Waals surface area (Å²) in [4.78, 5) is 0. The molecule has 0 amide bonds. The Labute approximate surface area is 119 Å². The Bertz CT molecular complexity index is 648. The van der Waals surface area contributed by atoms with E-state index in [4.69, 9.17) is 14.2 Å². The highest BCUT2D eigenvalue weighted by molar-refractivity contribution is 5.96. The van der Waals surface area contributed by atoms with Crippen LogP contribution in [0.3, 0.4) is 0 Å². The molecule has 0 saturated heterocycles. The first kappa shape index (κ1) is 13.3. The van der Waals surface area contributed by atoms with Crippen LogP contribution < -0.4 is 9.47 Å². The SMILES string of the molecule is COc1c2c(c(OC)c3ccccc13)[C@@H](C)O[C@@H](C)C2. The number of methoxy groups -OCH3 is 2. The molecule has 2 aromatic rings. The molecule has 0 radical (unpaired) electrons. The lowest BCUT2D eigenvalue weighted by atomic mass is 9.89. The van der Waals surface area contributed by atoms with Crippen molar-refractivity contribution < 1.29 is 14.2 Å². The van der Waals surface area contributed by atoms with E-state index in [2.05, 4.69) is 26.0 Å². The summed E-state index contributed by atoms with van der Waals surface area (Å²) in [6.45, 7) is 4.17. The molecule has 3 heteroatoms. The van der Waals surface area contributed by atoms with Gasteiger partial charge in [0.15, 0.2) is 0 Å². The van der Waals surface area contributed by atoms with Gasteiger partial charge in [0.25, 0.3) is 0 Å². The topological polar surface area (TPSA) is 27.7 Å². The summed E-state index contributed by atoms with van der Waals surface area (Å²) < 4.78 is 17.4. The maximum absolute atomic E-state index is 5.97. The van der Waals surface area contributed by atoms with E-state index in [1.54, 1.807) is 14.2 Å². The van der Waals surface area contributed by atoms with Gasteiger partial charge in [-0.05, 0) is 13.8 Å². The van der Waals surface area contributed by atoms with Gasteiger partial charge in [-0.15, -0.1) is 0 Å². The van der Waals surface area contributed by atoms with Crippen molar-refractivity contribution in [1.82, 2.24) is 0 Å². The molecular formula is C17H20O3. The van der Waals surface area contributed by atoms with E-state index in [0.29, 0.717) is 0 Å². The Kier molecular flexibility index (Phi) is 3.30. The number of hydrogen-bond acceptors (Lipinski definition) is 3. The fraction of sp³-hybridized carbons (Fsp3) is 0.412. The first-order valence-corrected chi connectivity index (χ1v) is 6.98. The average molecular weight is 272 g/mol. The standard InChI is InChI=1S/C17H20O3/c1-10-9-14-15(11(2)20-10)17(19-4)13-8-6-5-7-12(13)16(14)18-3/h5-8,10-11H,9H2,1-4H3/t10-,11+/m0/s1. The second kappa shape index (κ2) is 4.98. The van der Waals surface area contributed by atoms with Crippen LogP contribution in [-0.4, -0.2) is 20.3 Å². The van der Waals surface area contributed by atoms with Crippen LogP contribution in [0.15, 0.2) is 24.3 Å². The minimum absolute atomic E-state index is 0.0159. The maximum atomic E-state index is 5.97. The third-order valence-corrected chi connectivity index (χ3v) is 4.00. The van der Waals surface area contributed by atoms with Gasteiger partial charge >= 0.3 is 0 Å². The summed E-state index contributed by atoms with van der Waals surface area (Å²) in [5.41, 5.74) is 2.34. The predicted molar refractivity (Wildman–Crippen MR) is 79.7 cm³/mol. The second-order valence-electron chi connectivity index (χ2n) is 5.30. The van der Waals surface area contributed by atoms with Crippen molar-refractivity contribution in [2.24, 2.45) is 0 Å². The molecule has 106 valence electrons. The molecule has 20 heavy (non-hydrogen) atoms. The number of benzene rings is 2. The third kappa shape index (κ3) is 1.85. The largest absolute Gasteiger partial charge is 0.496 e. The molecule has 3 nitrogen and oxygen atoms in total. The van der Waals surface area contributed by atoms with E-state index in [-0.39, 0.29) is 12.2 Å². The van der Waals surface area contributed by atoms with Crippen molar-refractivity contribution >= 4 is 10.8 Å². The Hall–Kier alpha value is -1.74. The number of rotatable bonds is 2. The smallest absolute Gasteiger partial charge is 0.133 e. The molecule has 0 unspecified atom stereocenters. The Morgan fingerprint density at radius 3 is 2.20 bits per heavy atom. The van der Waals surface area contributed by atoms with Gasteiger partial charge in [-0.2, -0.15) is 0 Å². The fourth-order valence-corrected chi connectivity index (χ4v) is 3.28. The van der Waals surface area contributed by atoms with Gasteiger partial charge < -0.3 is 14.2 Å². The van der Waals surface area contributed by atoms with Gasteiger partial charge in [0.05, 0.1) is 26.4 Å². The number of fused-ring (bicyclic) bond motifs is 2. The summed E-state index contributed by atoms with van der Waals surface area (Å²) in [5, 5.41) is 2.18. The molecule has 2 aromatic carbocycles. The Morgan fingerprint density at radius 1 is 1.00 bits per heavy atom. The van der Waals surface area contributed by atoms with Crippen LogP contribution in [0.4, 0.5) is 0 Å². The molecule has 1 heterocycles. The quantitative estimate of drug-likeness (QED) is 0.830. The minimum atomic E-state index is 0.0159. The van der Waals surface area contributed by atoms with Crippen LogP contribution in [-0.2, 0) is 11.2 Å². The molecule has 0 bridgehead atoms. The van der Waals surface area contributed by atoms with Crippen LogP contribution in [0.5, 0.6) is 11.5 Å². The lowest BCUT2D eigenvalue weighted by molar-refractivity contribution is -0.00646.